The van der Waals surface area contributed by atoms with Crippen LogP contribution >= 0.6 is 0 Å². The van der Waals surface area contributed by atoms with Gasteiger partial charge in [0.15, 0.2) is 0 Å². The van der Waals surface area contributed by atoms with Crippen LogP contribution in [0.15, 0.2) is 0 Å². The molecule has 1 fully saturated rings. The number of hydrazine groups is 1. The van der Waals surface area contributed by atoms with Gasteiger partial charge in [-0.1, -0.05) is 13.8 Å². The molecule has 1 aliphatic heterocycles. The second-order valence-corrected chi connectivity index (χ2v) is 7.11. The average Bonchev–Trinajstić information content (AvgIpc) is 2.75. The van der Waals surface area contributed by atoms with E-state index in [9.17, 15) is 14.1 Å². The Bertz CT molecular complexity index is 365. The summed E-state index contributed by atoms with van der Waals surface area (Å²) in [6.45, 7) is 5.37. The number of hydrogen-bond donors (Lipinski definition) is 4. The first-order valence-electron chi connectivity index (χ1n) is 6.78. The highest BCUT2D eigenvalue weighted by Crippen LogP contribution is 2.27. The number of rotatable bonds is 7. The quantitative estimate of drug-likeness (QED) is 0.346. The maximum absolute atomic E-state index is 12.5. The van der Waals surface area contributed by atoms with Crippen molar-refractivity contribution < 1.29 is 14.1 Å². The summed E-state index contributed by atoms with van der Waals surface area (Å²) in [5.74, 6) is 5.46. The third-order valence-corrected chi connectivity index (χ3v) is 4.36. The van der Waals surface area contributed by atoms with Gasteiger partial charge in [-0.25, -0.2) is 14.4 Å². The number of aliphatic hydroxyl groups excluding tert-OH is 1. The number of aliphatic hydroxyl groups is 1. The first kappa shape index (κ1) is 17.5. The van der Waals surface area contributed by atoms with E-state index in [0.29, 0.717) is 32.5 Å². The lowest BCUT2D eigenvalue weighted by Crippen LogP contribution is -2.56. The minimum absolute atomic E-state index is 0.0910. The SMILES string of the molecule is CS(=O)NCCC(C)(C)C(NN)C(=O)N1CCC(O)C1. The second-order valence-electron chi connectivity index (χ2n) is 5.91. The maximum Gasteiger partial charge on any atom is 0.241 e. The molecule has 0 saturated carbocycles. The van der Waals surface area contributed by atoms with Crippen molar-refractivity contribution in [3.8, 4) is 0 Å². The predicted molar refractivity (Wildman–Crippen MR) is 78.8 cm³/mol. The Morgan fingerprint density at radius 2 is 2.25 bits per heavy atom. The summed E-state index contributed by atoms with van der Waals surface area (Å²) in [6, 6.07) is -0.528. The average molecular weight is 306 g/mol. The van der Waals surface area contributed by atoms with Gasteiger partial charge in [-0.3, -0.25) is 10.6 Å². The number of nitrogens with two attached hydrogens (primary N) is 1. The molecule has 1 rings (SSSR count). The van der Waals surface area contributed by atoms with Crippen LogP contribution in [0.4, 0.5) is 0 Å². The van der Waals surface area contributed by atoms with Crippen molar-refractivity contribution in [2.75, 3.05) is 25.9 Å². The summed E-state index contributed by atoms with van der Waals surface area (Å²) in [6.07, 6.45) is 2.40. The van der Waals surface area contributed by atoms with Gasteiger partial charge in [0.1, 0.15) is 6.04 Å². The fraction of sp³-hybridized carbons (Fsp3) is 0.917. The third kappa shape index (κ3) is 4.78. The molecule has 3 atom stereocenters. The van der Waals surface area contributed by atoms with Gasteiger partial charge in [0.25, 0.3) is 0 Å². The standard InChI is InChI=1S/C12H26N4O3S/c1-12(2,5-6-14-20(3)19)10(15-13)11(18)16-7-4-9(17)8-16/h9-10,14-15,17H,4-8,13H2,1-3H3. The number of carbonyl (C=O) groups is 1. The number of nitrogens with zero attached hydrogens (tertiary/aromatic N) is 1. The number of hydrogen-bond acceptors (Lipinski definition) is 5. The van der Waals surface area contributed by atoms with Crippen molar-refractivity contribution in [3.63, 3.8) is 0 Å². The normalized spacial score (nSPS) is 22.9. The lowest BCUT2D eigenvalue weighted by atomic mass is 9.80. The van der Waals surface area contributed by atoms with E-state index in [1.165, 1.54) is 0 Å². The van der Waals surface area contributed by atoms with Crippen LogP contribution < -0.4 is 16.0 Å². The van der Waals surface area contributed by atoms with E-state index in [0.717, 1.165) is 0 Å². The topological polar surface area (TPSA) is 108 Å². The molecule has 1 aliphatic rings. The molecule has 5 N–H and O–H groups in total. The third-order valence-electron chi connectivity index (χ3n) is 3.74. The molecule has 0 spiro atoms. The molecule has 1 heterocycles. The largest absolute Gasteiger partial charge is 0.391 e. The van der Waals surface area contributed by atoms with Crippen LogP contribution in [0.3, 0.4) is 0 Å². The van der Waals surface area contributed by atoms with Crippen molar-refractivity contribution in [1.82, 2.24) is 15.0 Å². The van der Waals surface area contributed by atoms with Crippen LogP contribution in [0, 0.1) is 5.41 Å². The van der Waals surface area contributed by atoms with E-state index < -0.39 is 23.1 Å². The maximum atomic E-state index is 12.5. The molecule has 3 unspecified atom stereocenters. The molecule has 0 radical (unpaired) electrons. The van der Waals surface area contributed by atoms with Crippen LogP contribution in [-0.4, -0.2) is 58.2 Å². The van der Waals surface area contributed by atoms with Gasteiger partial charge in [0.2, 0.25) is 5.91 Å². The molecule has 0 aromatic rings. The Balaban J connectivity index is 2.62. The molecular weight excluding hydrogens is 280 g/mol. The Labute approximate surface area is 122 Å². The lowest BCUT2D eigenvalue weighted by Gasteiger charge is -2.35. The summed E-state index contributed by atoms with van der Waals surface area (Å²) in [7, 11) is -1.06. The molecule has 1 amide bonds. The molecule has 1 saturated heterocycles. The monoisotopic (exact) mass is 306 g/mol. The summed E-state index contributed by atoms with van der Waals surface area (Å²) < 4.78 is 13.8. The van der Waals surface area contributed by atoms with Gasteiger partial charge in [-0.15, -0.1) is 0 Å². The molecule has 0 aromatic heterocycles. The number of carbonyl (C=O) groups excluding carboxylic acids is 1. The zero-order valence-corrected chi connectivity index (χ0v) is 13.2. The van der Waals surface area contributed by atoms with Gasteiger partial charge in [0.05, 0.1) is 17.1 Å². The molecule has 7 nitrogen and oxygen atoms in total. The zero-order valence-electron chi connectivity index (χ0n) is 12.4. The van der Waals surface area contributed by atoms with Crippen LogP contribution in [0.5, 0.6) is 0 Å². The van der Waals surface area contributed by atoms with Crippen LogP contribution in [-0.2, 0) is 15.8 Å². The van der Waals surface area contributed by atoms with Gasteiger partial charge in [0, 0.05) is 25.9 Å². The number of amides is 1. The lowest BCUT2D eigenvalue weighted by molar-refractivity contribution is -0.135. The van der Waals surface area contributed by atoms with Crippen molar-refractivity contribution in [1.29, 1.82) is 0 Å². The first-order chi connectivity index (χ1) is 9.27. The van der Waals surface area contributed by atoms with E-state index in [4.69, 9.17) is 5.84 Å². The molecular formula is C12H26N4O3S. The van der Waals surface area contributed by atoms with Gasteiger partial charge in [-0.2, -0.15) is 0 Å². The Kier molecular flexibility index (Phi) is 6.53. The van der Waals surface area contributed by atoms with Crippen molar-refractivity contribution >= 4 is 16.9 Å². The van der Waals surface area contributed by atoms with E-state index in [-0.39, 0.29) is 11.3 Å². The van der Waals surface area contributed by atoms with Gasteiger partial charge >= 0.3 is 0 Å². The number of β-amino-alcohol motifs (C(OH)–C–C–N with tert-alkyl or cyclic N) is 1. The smallest absolute Gasteiger partial charge is 0.241 e. The second kappa shape index (κ2) is 7.46. The fourth-order valence-corrected chi connectivity index (χ4v) is 2.81. The molecule has 0 bridgehead atoms. The van der Waals surface area contributed by atoms with E-state index >= 15 is 0 Å². The molecule has 20 heavy (non-hydrogen) atoms. The van der Waals surface area contributed by atoms with Crippen LogP contribution in [0.25, 0.3) is 0 Å². The number of nitrogens with one attached hydrogen (secondary N) is 2. The van der Waals surface area contributed by atoms with Crippen molar-refractivity contribution in [2.45, 2.75) is 38.8 Å². The Hall–Kier alpha value is -0.540. The van der Waals surface area contributed by atoms with Gasteiger partial charge in [-0.05, 0) is 18.3 Å². The fourth-order valence-electron chi connectivity index (χ4n) is 2.42. The van der Waals surface area contributed by atoms with Crippen LogP contribution in [0.2, 0.25) is 0 Å². The first-order valence-corrected chi connectivity index (χ1v) is 8.33. The van der Waals surface area contributed by atoms with E-state index in [2.05, 4.69) is 10.1 Å². The van der Waals surface area contributed by atoms with Crippen molar-refractivity contribution in [3.05, 3.63) is 0 Å². The van der Waals surface area contributed by atoms with E-state index in [1.807, 2.05) is 13.8 Å². The molecule has 118 valence electrons. The predicted octanol–water partition coefficient (Wildman–Crippen LogP) is -1.29. The summed E-state index contributed by atoms with van der Waals surface area (Å²) in [5.41, 5.74) is 2.21. The summed E-state index contributed by atoms with van der Waals surface area (Å²) in [5, 5.41) is 9.52. The highest BCUT2D eigenvalue weighted by Gasteiger charge is 2.38. The Morgan fingerprint density at radius 1 is 1.60 bits per heavy atom. The minimum Gasteiger partial charge on any atom is -0.391 e. The molecule has 0 aliphatic carbocycles. The van der Waals surface area contributed by atoms with Crippen molar-refractivity contribution in [2.24, 2.45) is 11.3 Å². The highest BCUT2D eigenvalue weighted by atomic mass is 32.2. The Morgan fingerprint density at radius 3 is 2.70 bits per heavy atom. The van der Waals surface area contributed by atoms with Crippen LogP contribution in [0.1, 0.15) is 26.7 Å². The molecule has 0 aromatic carbocycles. The van der Waals surface area contributed by atoms with Gasteiger partial charge < -0.3 is 10.0 Å². The zero-order chi connectivity index (χ0) is 15.3. The van der Waals surface area contributed by atoms with E-state index in [1.54, 1.807) is 11.2 Å². The molecule has 8 heteroatoms. The summed E-state index contributed by atoms with van der Waals surface area (Å²) >= 11 is 0. The highest BCUT2D eigenvalue weighted by molar-refractivity contribution is 7.82. The number of likely N-dealkylation sites (tertiary alicyclic amines) is 1. The summed E-state index contributed by atoms with van der Waals surface area (Å²) in [4.78, 5) is 14.1. The minimum atomic E-state index is -1.06.